The second-order valence-electron chi connectivity index (χ2n) is 4.69. The molecule has 0 saturated carbocycles. The van der Waals surface area contributed by atoms with Crippen molar-refractivity contribution in [2.24, 2.45) is 0 Å². The number of methoxy groups -OCH3 is 2. The Bertz CT molecular complexity index is 798. The molecule has 0 unspecified atom stereocenters. The molecule has 0 spiro atoms. The molecule has 0 bridgehead atoms. The second-order valence-corrected chi connectivity index (χ2v) is 4.69. The number of anilines is 1. The van der Waals surface area contributed by atoms with Crippen LogP contribution >= 0.6 is 0 Å². The monoisotopic (exact) mass is 296 g/mol. The molecule has 3 rings (SSSR count). The zero-order chi connectivity index (χ0) is 15.5. The molecule has 6 heteroatoms. The van der Waals surface area contributed by atoms with Crippen molar-refractivity contribution in [1.29, 1.82) is 0 Å². The van der Waals surface area contributed by atoms with Gasteiger partial charge < -0.3 is 15.2 Å². The number of benzene rings is 2. The first-order valence-electron chi connectivity index (χ1n) is 6.72. The summed E-state index contributed by atoms with van der Waals surface area (Å²) in [5.41, 5.74) is 8.98. The largest absolute Gasteiger partial charge is 0.497 e. The summed E-state index contributed by atoms with van der Waals surface area (Å²) in [6, 6.07) is 13.0. The number of aromatic nitrogens is 3. The molecule has 0 amide bonds. The Labute approximate surface area is 128 Å². The minimum Gasteiger partial charge on any atom is -0.497 e. The highest BCUT2D eigenvalue weighted by molar-refractivity contribution is 5.70. The molecule has 0 aliphatic carbocycles. The van der Waals surface area contributed by atoms with E-state index in [0.29, 0.717) is 11.4 Å². The molecule has 3 aromatic rings. The molecule has 0 fully saturated rings. The third-order valence-corrected chi connectivity index (χ3v) is 3.35. The summed E-state index contributed by atoms with van der Waals surface area (Å²) in [6.45, 7) is 0. The molecule has 0 saturated heterocycles. The van der Waals surface area contributed by atoms with Crippen LogP contribution in [0.4, 0.5) is 5.69 Å². The maximum Gasteiger partial charge on any atom is 0.128 e. The molecule has 6 nitrogen and oxygen atoms in total. The molecular formula is C16H16N4O2. The summed E-state index contributed by atoms with van der Waals surface area (Å²) in [5, 5.41) is 8.16. The van der Waals surface area contributed by atoms with Crippen molar-refractivity contribution < 1.29 is 9.47 Å². The van der Waals surface area contributed by atoms with E-state index in [1.165, 1.54) is 0 Å². The molecule has 1 heterocycles. The van der Waals surface area contributed by atoms with Gasteiger partial charge in [-0.25, -0.2) is 4.68 Å². The lowest BCUT2D eigenvalue weighted by atomic mass is 10.1. The smallest absolute Gasteiger partial charge is 0.128 e. The van der Waals surface area contributed by atoms with Crippen LogP contribution in [0.25, 0.3) is 16.9 Å². The number of nitrogens with zero attached hydrogens (tertiary/aromatic N) is 3. The molecule has 0 atom stereocenters. The van der Waals surface area contributed by atoms with E-state index in [4.69, 9.17) is 15.2 Å². The van der Waals surface area contributed by atoms with Crippen molar-refractivity contribution in [1.82, 2.24) is 15.0 Å². The third kappa shape index (κ3) is 2.46. The predicted octanol–water partition coefficient (Wildman–Crippen LogP) is 2.53. The standard InChI is InChI=1S/C16H16N4O2/c1-21-13-6-7-16(22-2)14(9-13)15-10-18-19-20(15)12-5-3-4-11(17)8-12/h3-10H,17H2,1-2H3. The van der Waals surface area contributed by atoms with Gasteiger partial charge in [0, 0.05) is 11.3 Å². The van der Waals surface area contributed by atoms with Crippen LogP contribution in [-0.4, -0.2) is 29.2 Å². The Kier molecular flexibility index (Phi) is 3.65. The second kappa shape index (κ2) is 5.77. The van der Waals surface area contributed by atoms with Gasteiger partial charge in [-0.3, -0.25) is 0 Å². The molecule has 0 radical (unpaired) electrons. The Morgan fingerprint density at radius 2 is 1.91 bits per heavy atom. The first-order valence-corrected chi connectivity index (χ1v) is 6.72. The lowest BCUT2D eigenvalue weighted by Crippen LogP contribution is -2.01. The van der Waals surface area contributed by atoms with Gasteiger partial charge in [0.1, 0.15) is 11.5 Å². The minimum absolute atomic E-state index is 0.663. The van der Waals surface area contributed by atoms with Crippen LogP contribution < -0.4 is 15.2 Å². The molecular weight excluding hydrogens is 280 g/mol. The van der Waals surface area contributed by atoms with Gasteiger partial charge >= 0.3 is 0 Å². The third-order valence-electron chi connectivity index (χ3n) is 3.35. The zero-order valence-electron chi connectivity index (χ0n) is 12.4. The van der Waals surface area contributed by atoms with Gasteiger partial charge in [0.2, 0.25) is 0 Å². The quantitative estimate of drug-likeness (QED) is 0.749. The average Bonchev–Trinajstić information content (AvgIpc) is 3.03. The Morgan fingerprint density at radius 3 is 2.64 bits per heavy atom. The van der Waals surface area contributed by atoms with E-state index in [9.17, 15) is 0 Å². The number of rotatable bonds is 4. The number of nitrogens with two attached hydrogens (primary N) is 1. The lowest BCUT2D eigenvalue weighted by molar-refractivity contribution is 0.404. The fraction of sp³-hybridized carbons (Fsp3) is 0.125. The van der Waals surface area contributed by atoms with E-state index in [0.717, 1.165) is 22.7 Å². The Morgan fingerprint density at radius 1 is 1.05 bits per heavy atom. The summed E-state index contributed by atoms with van der Waals surface area (Å²) in [6.07, 6.45) is 1.68. The predicted molar refractivity (Wildman–Crippen MR) is 84.3 cm³/mol. The van der Waals surface area contributed by atoms with Gasteiger partial charge in [-0.2, -0.15) is 0 Å². The maximum atomic E-state index is 5.85. The number of nitrogen functional groups attached to an aromatic ring is 1. The van der Waals surface area contributed by atoms with Gasteiger partial charge in [0.25, 0.3) is 0 Å². The molecule has 2 N–H and O–H groups in total. The van der Waals surface area contributed by atoms with Crippen LogP contribution in [0.3, 0.4) is 0 Å². The van der Waals surface area contributed by atoms with E-state index in [-0.39, 0.29) is 0 Å². The number of ether oxygens (including phenoxy) is 2. The molecule has 0 aliphatic heterocycles. The highest BCUT2D eigenvalue weighted by Gasteiger charge is 2.14. The topological polar surface area (TPSA) is 75.2 Å². The van der Waals surface area contributed by atoms with Crippen LogP contribution in [0.5, 0.6) is 11.5 Å². The van der Waals surface area contributed by atoms with Crippen molar-refractivity contribution >= 4 is 5.69 Å². The van der Waals surface area contributed by atoms with E-state index in [1.54, 1.807) is 25.1 Å². The van der Waals surface area contributed by atoms with Crippen molar-refractivity contribution in [3.05, 3.63) is 48.7 Å². The van der Waals surface area contributed by atoms with E-state index in [2.05, 4.69) is 10.3 Å². The summed E-state index contributed by atoms with van der Waals surface area (Å²) in [7, 11) is 3.25. The molecule has 1 aromatic heterocycles. The summed E-state index contributed by atoms with van der Waals surface area (Å²) in [5.74, 6) is 1.45. The summed E-state index contributed by atoms with van der Waals surface area (Å²) < 4.78 is 12.4. The highest BCUT2D eigenvalue weighted by Crippen LogP contribution is 2.34. The highest BCUT2D eigenvalue weighted by atomic mass is 16.5. The summed E-state index contributed by atoms with van der Waals surface area (Å²) in [4.78, 5) is 0. The molecule has 0 aliphatic rings. The van der Waals surface area contributed by atoms with Crippen molar-refractivity contribution in [2.75, 3.05) is 20.0 Å². The van der Waals surface area contributed by atoms with E-state index in [1.807, 2.05) is 42.5 Å². The van der Waals surface area contributed by atoms with Gasteiger partial charge in [-0.1, -0.05) is 11.3 Å². The summed E-state index contributed by atoms with van der Waals surface area (Å²) >= 11 is 0. The Balaban J connectivity index is 2.16. The van der Waals surface area contributed by atoms with Gasteiger partial charge in [-0.15, -0.1) is 5.10 Å². The number of hydrogen-bond donors (Lipinski definition) is 1. The zero-order valence-corrected chi connectivity index (χ0v) is 12.4. The van der Waals surface area contributed by atoms with Crippen LogP contribution in [-0.2, 0) is 0 Å². The van der Waals surface area contributed by atoms with Crippen molar-refractivity contribution in [3.63, 3.8) is 0 Å². The van der Waals surface area contributed by atoms with Crippen LogP contribution in [0.2, 0.25) is 0 Å². The van der Waals surface area contributed by atoms with Crippen molar-refractivity contribution in [2.45, 2.75) is 0 Å². The lowest BCUT2D eigenvalue weighted by Gasteiger charge is -2.12. The molecule has 112 valence electrons. The van der Waals surface area contributed by atoms with Crippen LogP contribution in [0.1, 0.15) is 0 Å². The fourth-order valence-electron chi connectivity index (χ4n) is 2.28. The fourth-order valence-corrected chi connectivity index (χ4v) is 2.28. The Hall–Kier alpha value is -3.02. The SMILES string of the molecule is COc1ccc(OC)c(-c2cnnn2-c2cccc(N)c2)c1. The van der Waals surface area contributed by atoms with Gasteiger partial charge in [-0.05, 0) is 36.4 Å². The normalized spacial score (nSPS) is 10.5. The van der Waals surface area contributed by atoms with E-state index < -0.39 is 0 Å². The maximum absolute atomic E-state index is 5.85. The first kappa shape index (κ1) is 13.9. The minimum atomic E-state index is 0.663. The molecule has 2 aromatic carbocycles. The van der Waals surface area contributed by atoms with Crippen LogP contribution in [0, 0.1) is 0 Å². The molecule has 22 heavy (non-hydrogen) atoms. The average molecular weight is 296 g/mol. The van der Waals surface area contributed by atoms with Gasteiger partial charge in [0.15, 0.2) is 0 Å². The van der Waals surface area contributed by atoms with Gasteiger partial charge in [0.05, 0.1) is 31.8 Å². The van der Waals surface area contributed by atoms with Crippen molar-refractivity contribution in [3.8, 4) is 28.4 Å². The first-order chi connectivity index (χ1) is 10.7. The number of hydrogen-bond acceptors (Lipinski definition) is 5. The van der Waals surface area contributed by atoms with Crippen LogP contribution in [0.15, 0.2) is 48.7 Å². The van der Waals surface area contributed by atoms with E-state index >= 15 is 0 Å².